The fourth-order valence-electron chi connectivity index (χ4n) is 2.04. The molecular weight excluding hydrogens is 172 g/mol. The van der Waals surface area contributed by atoms with E-state index < -0.39 is 0 Å². The lowest BCUT2D eigenvalue weighted by molar-refractivity contribution is 0.233. The van der Waals surface area contributed by atoms with Gasteiger partial charge in [0.05, 0.1) is 5.84 Å². The van der Waals surface area contributed by atoms with Crippen LogP contribution in [0.1, 0.15) is 52.9 Å². The molecule has 14 heavy (non-hydrogen) atoms. The SMILES string of the molecule is CCC(C)(C)N(C)C(=N)C1CCCC1. The van der Waals surface area contributed by atoms with Crippen LogP contribution in [0, 0.1) is 11.3 Å². The van der Waals surface area contributed by atoms with Crippen LogP contribution in [0.2, 0.25) is 0 Å². The summed E-state index contributed by atoms with van der Waals surface area (Å²) in [7, 11) is 2.07. The van der Waals surface area contributed by atoms with Crippen molar-refractivity contribution in [2.75, 3.05) is 7.05 Å². The molecule has 0 atom stereocenters. The molecule has 0 unspecified atom stereocenters. The van der Waals surface area contributed by atoms with Crippen LogP contribution in [0.15, 0.2) is 0 Å². The van der Waals surface area contributed by atoms with Crippen LogP contribution < -0.4 is 0 Å². The van der Waals surface area contributed by atoms with Crippen molar-refractivity contribution in [3.05, 3.63) is 0 Å². The van der Waals surface area contributed by atoms with Crippen molar-refractivity contribution in [3.8, 4) is 0 Å². The minimum absolute atomic E-state index is 0.139. The first-order chi connectivity index (χ1) is 6.49. The molecular formula is C12H24N2. The Bertz CT molecular complexity index is 202. The number of amidine groups is 1. The molecule has 0 aliphatic heterocycles. The maximum absolute atomic E-state index is 8.18. The zero-order chi connectivity index (χ0) is 10.8. The Balaban J connectivity index is 2.59. The third-order valence-corrected chi connectivity index (χ3v) is 3.88. The van der Waals surface area contributed by atoms with Crippen molar-refractivity contribution in [2.24, 2.45) is 5.92 Å². The van der Waals surface area contributed by atoms with E-state index in [1.807, 2.05) is 0 Å². The van der Waals surface area contributed by atoms with Gasteiger partial charge in [0, 0.05) is 18.5 Å². The molecule has 1 N–H and O–H groups in total. The zero-order valence-corrected chi connectivity index (χ0v) is 10.1. The van der Waals surface area contributed by atoms with Gasteiger partial charge in [-0.2, -0.15) is 0 Å². The Hall–Kier alpha value is -0.530. The molecule has 0 saturated heterocycles. The van der Waals surface area contributed by atoms with Gasteiger partial charge in [-0.15, -0.1) is 0 Å². The van der Waals surface area contributed by atoms with E-state index in [1.54, 1.807) is 0 Å². The minimum atomic E-state index is 0.139. The van der Waals surface area contributed by atoms with Gasteiger partial charge in [0.1, 0.15) is 0 Å². The fraction of sp³-hybridized carbons (Fsp3) is 0.917. The molecule has 0 spiro atoms. The molecule has 0 amide bonds. The Labute approximate surface area is 88.2 Å². The number of hydrogen-bond acceptors (Lipinski definition) is 1. The van der Waals surface area contributed by atoms with Crippen LogP contribution in [0.25, 0.3) is 0 Å². The van der Waals surface area contributed by atoms with Gasteiger partial charge in [-0.05, 0) is 33.1 Å². The maximum Gasteiger partial charge on any atom is 0.0991 e. The van der Waals surface area contributed by atoms with Crippen LogP contribution in [-0.2, 0) is 0 Å². The molecule has 1 aliphatic rings. The van der Waals surface area contributed by atoms with Gasteiger partial charge < -0.3 is 4.90 Å². The predicted molar refractivity (Wildman–Crippen MR) is 61.8 cm³/mol. The summed E-state index contributed by atoms with van der Waals surface area (Å²) in [5.41, 5.74) is 0.139. The summed E-state index contributed by atoms with van der Waals surface area (Å²) >= 11 is 0. The summed E-state index contributed by atoms with van der Waals surface area (Å²) < 4.78 is 0. The monoisotopic (exact) mass is 196 g/mol. The number of nitrogens with one attached hydrogen (secondary N) is 1. The molecule has 0 radical (unpaired) electrons. The molecule has 0 aromatic carbocycles. The summed E-state index contributed by atoms with van der Waals surface area (Å²) in [4.78, 5) is 2.17. The largest absolute Gasteiger partial charge is 0.358 e. The molecule has 1 aliphatic carbocycles. The van der Waals surface area contributed by atoms with Gasteiger partial charge in [0.25, 0.3) is 0 Å². The summed E-state index contributed by atoms with van der Waals surface area (Å²) in [6.45, 7) is 6.63. The van der Waals surface area contributed by atoms with Crippen molar-refractivity contribution < 1.29 is 0 Å². The highest BCUT2D eigenvalue weighted by molar-refractivity contribution is 5.82. The van der Waals surface area contributed by atoms with Gasteiger partial charge in [-0.1, -0.05) is 19.8 Å². The molecule has 1 fully saturated rings. The van der Waals surface area contributed by atoms with E-state index in [0.29, 0.717) is 5.92 Å². The summed E-state index contributed by atoms with van der Waals surface area (Å²) in [6.07, 6.45) is 6.17. The van der Waals surface area contributed by atoms with Crippen molar-refractivity contribution in [2.45, 2.75) is 58.4 Å². The standard InChI is InChI=1S/C12H24N2/c1-5-12(2,3)14(4)11(13)10-8-6-7-9-10/h10,13H,5-9H2,1-4H3. The number of nitrogens with zero attached hydrogens (tertiary/aromatic N) is 1. The molecule has 0 bridgehead atoms. The van der Waals surface area contributed by atoms with E-state index in [0.717, 1.165) is 12.3 Å². The lowest BCUT2D eigenvalue weighted by Crippen LogP contribution is -2.46. The van der Waals surface area contributed by atoms with E-state index >= 15 is 0 Å². The first kappa shape index (κ1) is 11.5. The Morgan fingerprint density at radius 2 is 1.86 bits per heavy atom. The van der Waals surface area contributed by atoms with Gasteiger partial charge in [-0.25, -0.2) is 0 Å². The molecule has 1 rings (SSSR count). The zero-order valence-electron chi connectivity index (χ0n) is 10.1. The van der Waals surface area contributed by atoms with Crippen LogP contribution in [0.5, 0.6) is 0 Å². The van der Waals surface area contributed by atoms with Crippen LogP contribution in [0.4, 0.5) is 0 Å². The number of hydrogen-bond donors (Lipinski definition) is 1. The van der Waals surface area contributed by atoms with E-state index in [-0.39, 0.29) is 5.54 Å². The highest BCUT2D eigenvalue weighted by Crippen LogP contribution is 2.29. The van der Waals surface area contributed by atoms with E-state index in [2.05, 4.69) is 32.7 Å². The van der Waals surface area contributed by atoms with Gasteiger partial charge >= 0.3 is 0 Å². The molecule has 0 heterocycles. The molecule has 0 aromatic rings. The van der Waals surface area contributed by atoms with E-state index in [1.165, 1.54) is 25.7 Å². The minimum Gasteiger partial charge on any atom is -0.358 e. The first-order valence-electron chi connectivity index (χ1n) is 5.81. The topological polar surface area (TPSA) is 27.1 Å². The highest BCUT2D eigenvalue weighted by atomic mass is 15.2. The molecule has 2 heteroatoms. The summed E-state index contributed by atoms with van der Waals surface area (Å²) in [6, 6.07) is 0. The third kappa shape index (κ3) is 2.28. The van der Waals surface area contributed by atoms with Crippen LogP contribution >= 0.6 is 0 Å². The fourth-order valence-corrected chi connectivity index (χ4v) is 2.04. The lowest BCUT2D eigenvalue weighted by atomic mass is 9.96. The van der Waals surface area contributed by atoms with E-state index in [4.69, 9.17) is 5.41 Å². The van der Waals surface area contributed by atoms with Crippen molar-refractivity contribution in [1.82, 2.24) is 4.90 Å². The van der Waals surface area contributed by atoms with Crippen molar-refractivity contribution >= 4 is 5.84 Å². The smallest absolute Gasteiger partial charge is 0.0991 e. The second-order valence-electron chi connectivity index (χ2n) is 5.09. The quantitative estimate of drug-likeness (QED) is 0.544. The average molecular weight is 196 g/mol. The normalized spacial score (nSPS) is 18.6. The molecule has 1 saturated carbocycles. The van der Waals surface area contributed by atoms with Crippen molar-refractivity contribution in [3.63, 3.8) is 0 Å². The van der Waals surface area contributed by atoms with Gasteiger partial charge in [0.2, 0.25) is 0 Å². The summed E-state index contributed by atoms with van der Waals surface area (Å²) in [5.74, 6) is 1.39. The highest BCUT2D eigenvalue weighted by Gasteiger charge is 2.29. The van der Waals surface area contributed by atoms with Crippen LogP contribution in [-0.4, -0.2) is 23.3 Å². The Kier molecular flexibility index (Phi) is 3.57. The van der Waals surface area contributed by atoms with Gasteiger partial charge in [-0.3, -0.25) is 5.41 Å². The summed E-state index contributed by atoms with van der Waals surface area (Å²) in [5, 5.41) is 8.18. The second-order valence-corrected chi connectivity index (χ2v) is 5.09. The Morgan fingerprint density at radius 3 is 2.29 bits per heavy atom. The third-order valence-electron chi connectivity index (χ3n) is 3.88. The molecule has 0 aromatic heterocycles. The first-order valence-corrected chi connectivity index (χ1v) is 5.81. The average Bonchev–Trinajstić information content (AvgIpc) is 2.68. The van der Waals surface area contributed by atoms with E-state index in [9.17, 15) is 0 Å². The molecule has 82 valence electrons. The Morgan fingerprint density at radius 1 is 1.36 bits per heavy atom. The molecule has 2 nitrogen and oxygen atoms in total. The van der Waals surface area contributed by atoms with Gasteiger partial charge in [0.15, 0.2) is 0 Å². The van der Waals surface area contributed by atoms with Crippen LogP contribution in [0.3, 0.4) is 0 Å². The predicted octanol–water partition coefficient (Wildman–Crippen LogP) is 3.27. The lowest BCUT2D eigenvalue weighted by Gasteiger charge is -2.38. The maximum atomic E-state index is 8.18. The second kappa shape index (κ2) is 4.33. The number of rotatable bonds is 3. The van der Waals surface area contributed by atoms with Crippen molar-refractivity contribution in [1.29, 1.82) is 5.41 Å².